The molecule has 0 bridgehead atoms. The molecule has 0 aromatic heterocycles. The summed E-state index contributed by atoms with van der Waals surface area (Å²) in [5.74, 6) is -0.343. The number of ether oxygens (including phenoxy) is 2. The van der Waals surface area contributed by atoms with Gasteiger partial charge in [0.2, 0.25) is 0 Å². The number of halogens is 1. The van der Waals surface area contributed by atoms with Gasteiger partial charge in [-0.05, 0) is 49.0 Å². The molecule has 0 amide bonds. The maximum Gasteiger partial charge on any atom is 0.338 e. The minimum atomic E-state index is -0.651. The Kier molecular flexibility index (Phi) is 6.29. The Morgan fingerprint density at radius 3 is 2.76 bits per heavy atom. The topological polar surface area (TPSA) is 50.8 Å². The van der Waals surface area contributed by atoms with Crippen molar-refractivity contribution >= 4 is 29.0 Å². The van der Waals surface area contributed by atoms with Gasteiger partial charge in [-0.25, -0.2) is 9.18 Å². The van der Waals surface area contributed by atoms with Crippen molar-refractivity contribution in [2.45, 2.75) is 13.0 Å². The Hall–Kier alpha value is -3.19. The van der Waals surface area contributed by atoms with Crippen LogP contribution >= 0.6 is 12.2 Å². The molecule has 29 heavy (non-hydrogen) atoms. The molecule has 0 unspecified atom stereocenters. The molecule has 0 aliphatic carbocycles. The van der Waals surface area contributed by atoms with E-state index in [1.165, 1.54) is 18.2 Å². The van der Waals surface area contributed by atoms with Crippen LogP contribution in [0.15, 0.2) is 72.5 Å². The third-order valence-corrected chi connectivity index (χ3v) is 4.85. The summed E-state index contributed by atoms with van der Waals surface area (Å²) in [6.07, 6.45) is 1.49. The number of carbonyl (C=O) groups excluding carboxylic acids is 1. The van der Waals surface area contributed by atoms with E-state index >= 15 is 0 Å². The summed E-state index contributed by atoms with van der Waals surface area (Å²) in [5, 5.41) is 3.51. The molecule has 0 radical (unpaired) electrons. The lowest BCUT2D eigenvalue weighted by Gasteiger charge is -2.38. The Bertz CT molecular complexity index is 990. The van der Waals surface area contributed by atoms with Gasteiger partial charge < -0.3 is 14.8 Å². The van der Waals surface area contributed by atoms with Gasteiger partial charge in [0.25, 0.3) is 0 Å². The zero-order chi connectivity index (χ0) is 21.0. The van der Waals surface area contributed by atoms with Crippen molar-refractivity contribution in [3.8, 4) is 5.75 Å². The first kappa shape index (κ1) is 20.5. The van der Waals surface area contributed by atoms with Crippen LogP contribution < -0.4 is 15.0 Å². The summed E-state index contributed by atoms with van der Waals surface area (Å²) in [4.78, 5) is 14.6. The lowest BCUT2D eigenvalue weighted by molar-refractivity contribution is -0.138. The molecule has 0 saturated carbocycles. The zero-order valence-corrected chi connectivity index (χ0v) is 17.0. The first-order valence-corrected chi connectivity index (χ1v) is 9.36. The van der Waals surface area contributed by atoms with Crippen molar-refractivity contribution in [1.29, 1.82) is 0 Å². The van der Waals surface area contributed by atoms with Gasteiger partial charge in [-0.3, -0.25) is 4.90 Å². The number of thiocarbonyl (C=S) groups is 1. The number of hydrogen-bond acceptors (Lipinski definition) is 4. The van der Waals surface area contributed by atoms with Crippen molar-refractivity contribution in [3.63, 3.8) is 0 Å². The van der Waals surface area contributed by atoms with Crippen molar-refractivity contribution in [1.82, 2.24) is 5.32 Å². The highest BCUT2D eigenvalue weighted by Gasteiger charge is 2.36. The van der Waals surface area contributed by atoms with E-state index in [1.807, 2.05) is 18.2 Å². The van der Waals surface area contributed by atoms with Crippen LogP contribution in [0.3, 0.4) is 0 Å². The summed E-state index contributed by atoms with van der Waals surface area (Å²) in [6, 6.07) is 12.7. The standard InChI is InChI=1S/C22H21FN2O3S/c1-4-12-28-21(26)19-14(2)25(17-10-5-6-11-18(17)27-3)22(29)24-20(19)15-8-7-9-16(23)13-15/h4-11,13,20H,1,12H2,2-3H3,(H,24,29)/t20-/m1/s1. The highest BCUT2D eigenvalue weighted by atomic mass is 32.1. The fourth-order valence-electron chi connectivity index (χ4n) is 3.26. The van der Waals surface area contributed by atoms with Gasteiger partial charge in [-0.2, -0.15) is 0 Å². The molecule has 2 aromatic rings. The molecule has 1 aliphatic heterocycles. The number of esters is 1. The van der Waals surface area contributed by atoms with Gasteiger partial charge >= 0.3 is 5.97 Å². The van der Waals surface area contributed by atoms with Crippen LogP contribution in [0.1, 0.15) is 18.5 Å². The number of methoxy groups -OCH3 is 1. The third kappa shape index (κ3) is 4.14. The molecule has 150 valence electrons. The number of carbonyl (C=O) groups is 1. The SMILES string of the molecule is C=CCOC(=O)C1=C(C)N(c2ccccc2OC)C(=S)N[C@@H]1c1cccc(F)c1. The van der Waals surface area contributed by atoms with Crippen LogP contribution in [0, 0.1) is 5.82 Å². The van der Waals surface area contributed by atoms with E-state index in [-0.39, 0.29) is 6.61 Å². The normalized spacial score (nSPS) is 16.3. The zero-order valence-electron chi connectivity index (χ0n) is 16.1. The molecule has 0 saturated heterocycles. The van der Waals surface area contributed by atoms with E-state index < -0.39 is 17.8 Å². The van der Waals surface area contributed by atoms with Crippen molar-refractivity contribution in [2.24, 2.45) is 0 Å². The van der Waals surface area contributed by atoms with Gasteiger partial charge in [0.15, 0.2) is 5.11 Å². The van der Waals surface area contributed by atoms with E-state index in [1.54, 1.807) is 37.1 Å². The molecular weight excluding hydrogens is 391 g/mol. The fourth-order valence-corrected chi connectivity index (χ4v) is 3.61. The largest absolute Gasteiger partial charge is 0.495 e. The molecule has 0 fully saturated rings. The average Bonchev–Trinajstić information content (AvgIpc) is 2.72. The number of nitrogens with zero attached hydrogens (tertiary/aromatic N) is 1. The van der Waals surface area contributed by atoms with E-state index in [0.29, 0.717) is 33.4 Å². The van der Waals surface area contributed by atoms with Crippen LogP contribution in [0.2, 0.25) is 0 Å². The van der Waals surface area contributed by atoms with Gasteiger partial charge in [-0.1, -0.05) is 36.9 Å². The Balaban J connectivity index is 2.16. The molecular formula is C22H21FN2O3S. The van der Waals surface area contributed by atoms with Crippen LogP contribution in [-0.4, -0.2) is 24.8 Å². The molecule has 3 rings (SSSR count). The first-order valence-electron chi connectivity index (χ1n) is 8.95. The van der Waals surface area contributed by atoms with Gasteiger partial charge in [0.1, 0.15) is 18.2 Å². The molecule has 1 N–H and O–H groups in total. The van der Waals surface area contributed by atoms with Crippen LogP contribution in [-0.2, 0) is 9.53 Å². The second kappa shape index (κ2) is 8.87. The van der Waals surface area contributed by atoms with E-state index in [4.69, 9.17) is 21.7 Å². The number of benzene rings is 2. The second-order valence-corrected chi connectivity index (χ2v) is 6.72. The van der Waals surface area contributed by atoms with Gasteiger partial charge in [0, 0.05) is 5.70 Å². The van der Waals surface area contributed by atoms with Crippen LogP contribution in [0.4, 0.5) is 10.1 Å². The number of allylic oxidation sites excluding steroid dienone is 1. The first-order chi connectivity index (χ1) is 14.0. The molecule has 1 heterocycles. The molecule has 7 heteroatoms. The summed E-state index contributed by atoms with van der Waals surface area (Å²) in [7, 11) is 1.56. The molecule has 1 aliphatic rings. The average molecular weight is 412 g/mol. The molecule has 2 aromatic carbocycles. The minimum absolute atomic E-state index is 0.0601. The van der Waals surface area contributed by atoms with Crippen molar-refractivity contribution in [2.75, 3.05) is 18.6 Å². The monoisotopic (exact) mass is 412 g/mol. The quantitative estimate of drug-likeness (QED) is 0.434. The summed E-state index contributed by atoms with van der Waals surface area (Å²) in [6.45, 7) is 5.41. The summed E-state index contributed by atoms with van der Waals surface area (Å²) < 4.78 is 24.6. The van der Waals surface area contributed by atoms with Gasteiger partial charge in [0.05, 0.1) is 24.4 Å². The molecule has 1 atom stereocenters. The Morgan fingerprint density at radius 2 is 2.07 bits per heavy atom. The number of rotatable bonds is 6. The number of hydrogen-bond donors (Lipinski definition) is 1. The number of anilines is 1. The van der Waals surface area contributed by atoms with Crippen LogP contribution in [0.25, 0.3) is 0 Å². The maximum absolute atomic E-state index is 13.9. The van der Waals surface area contributed by atoms with E-state index in [9.17, 15) is 9.18 Å². The smallest absolute Gasteiger partial charge is 0.338 e. The summed E-state index contributed by atoms with van der Waals surface area (Å²) >= 11 is 5.59. The van der Waals surface area contributed by atoms with E-state index in [2.05, 4.69) is 11.9 Å². The lowest BCUT2D eigenvalue weighted by atomic mass is 9.94. The molecule has 5 nitrogen and oxygen atoms in total. The van der Waals surface area contributed by atoms with Crippen molar-refractivity contribution < 1.29 is 18.7 Å². The highest BCUT2D eigenvalue weighted by molar-refractivity contribution is 7.80. The number of nitrogens with one attached hydrogen (secondary N) is 1. The van der Waals surface area contributed by atoms with E-state index in [0.717, 1.165) is 0 Å². The molecule has 0 spiro atoms. The Morgan fingerprint density at radius 1 is 1.31 bits per heavy atom. The third-order valence-electron chi connectivity index (χ3n) is 4.55. The minimum Gasteiger partial charge on any atom is -0.495 e. The predicted molar refractivity (Wildman–Crippen MR) is 114 cm³/mol. The summed E-state index contributed by atoms with van der Waals surface area (Å²) in [5.41, 5.74) is 2.15. The number of para-hydroxylation sites is 2. The maximum atomic E-state index is 13.9. The second-order valence-electron chi connectivity index (χ2n) is 6.33. The lowest BCUT2D eigenvalue weighted by Crippen LogP contribution is -2.48. The van der Waals surface area contributed by atoms with Crippen LogP contribution in [0.5, 0.6) is 5.75 Å². The Labute approximate surface area is 174 Å². The van der Waals surface area contributed by atoms with Crippen molar-refractivity contribution in [3.05, 3.63) is 83.8 Å². The van der Waals surface area contributed by atoms with Gasteiger partial charge in [-0.15, -0.1) is 0 Å². The highest BCUT2D eigenvalue weighted by Crippen LogP contribution is 2.37. The fraction of sp³-hybridized carbons (Fsp3) is 0.182. The predicted octanol–water partition coefficient (Wildman–Crippen LogP) is 4.27.